The maximum absolute atomic E-state index is 9.60. The van der Waals surface area contributed by atoms with Crippen LogP contribution in [-0.2, 0) is 4.79 Å². The molecule has 0 rings (SSSR count). The van der Waals surface area contributed by atoms with E-state index in [2.05, 4.69) is 19.7 Å². The van der Waals surface area contributed by atoms with Crippen molar-refractivity contribution >= 4 is 43.7 Å². The summed E-state index contributed by atoms with van der Waals surface area (Å²) in [6, 6.07) is 0. The maximum Gasteiger partial charge on any atom is 0.330 e. The van der Waals surface area contributed by atoms with Gasteiger partial charge in [0.05, 0.1) is 0 Å². The van der Waals surface area contributed by atoms with E-state index >= 15 is 0 Å². The maximum atomic E-state index is 9.60. The van der Waals surface area contributed by atoms with Crippen LogP contribution in [0.25, 0.3) is 0 Å². The van der Waals surface area contributed by atoms with E-state index in [1.165, 1.54) is 6.92 Å². The summed E-state index contributed by atoms with van der Waals surface area (Å²) in [4.78, 5) is 9.60. The molecule has 52 valence electrons. The summed E-state index contributed by atoms with van der Waals surface area (Å²) in [7, 11) is 0. The molecule has 0 heterocycles. The normalized spacial score (nSPS) is 5.44. The van der Waals surface area contributed by atoms with E-state index in [1.807, 2.05) is 0 Å². The Morgan fingerprint density at radius 1 is 1.56 bits per heavy atom. The van der Waals surface area contributed by atoms with E-state index in [0.29, 0.717) is 0 Å². The molecule has 0 aliphatic rings. The van der Waals surface area contributed by atoms with Crippen molar-refractivity contribution in [3.63, 3.8) is 0 Å². The molecule has 1 N–H and O–H groups in total. The molecule has 0 saturated heterocycles. The van der Waals surface area contributed by atoms with E-state index in [9.17, 15) is 4.79 Å². The van der Waals surface area contributed by atoms with Crippen LogP contribution in [0.15, 0.2) is 25.3 Å². The Kier molecular flexibility index (Phi) is 19.8. The van der Waals surface area contributed by atoms with Gasteiger partial charge < -0.3 is 5.11 Å². The van der Waals surface area contributed by atoms with Gasteiger partial charge >= 0.3 is 5.97 Å². The molecule has 9 heavy (non-hydrogen) atoms. The van der Waals surface area contributed by atoms with Gasteiger partial charge in [-0.25, -0.2) is 4.79 Å². The molecule has 3 heteroatoms. The number of carboxylic acids is 1. The SMILES string of the molecule is C=C.C=C(C)C(=O)O.[Ca].[HH].[HH]. The molecule has 0 bridgehead atoms. The second kappa shape index (κ2) is 11.1. The molecule has 2 nitrogen and oxygen atoms in total. The van der Waals surface area contributed by atoms with Crippen LogP contribution in [0.1, 0.15) is 9.78 Å². The summed E-state index contributed by atoms with van der Waals surface area (Å²) in [5.74, 6) is -0.935. The van der Waals surface area contributed by atoms with Gasteiger partial charge in [0, 0.05) is 46.2 Å². The van der Waals surface area contributed by atoms with Gasteiger partial charge in [-0.15, -0.1) is 13.2 Å². The summed E-state index contributed by atoms with van der Waals surface area (Å²) in [5.41, 5.74) is 0.176. The molecule has 0 saturated carbocycles. The van der Waals surface area contributed by atoms with E-state index in [0.717, 1.165) is 0 Å². The third-order valence-electron chi connectivity index (χ3n) is 0.365. The fraction of sp³-hybridized carbons (Fsp3) is 0.167. The zero-order chi connectivity index (χ0) is 7.15. The molecule has 0 atom stereocenters. The minimum absolute atomic E-state index is 0. The molecule has 0 aromatic carbocycles. The van der Waals surface area contributed by atoms with E-state index in [4.69, 9.17) is 5.11 Å². The molecule has 0 aliphatic heterocycles. The predicted octanol–water partition coefficient (Wildman–Crippen LogP) is 1.56. The van der Waals surface area contributed by atoms with Crippen LogP contribution in [-0.4, -0.2) is 48.8 Å². The minimum atomic E-state index is -0.935. The fourth-order valence-corrected chi connectivity index (χ4v) is 0. The number of carboxylic acid groups (broad SMARTS) is 1. The Labute approximate surface area is 88.2 Å². The van der Waals surface area contributed by atoms with Crippen molar-refractivity contribution in [2.45, 2.75) is 6.92 Å². The van der Waals surface area contributed by atoms with E-state index < -0.39 is 5.97 Å². The van der Waals surface area contributed by atoms with Crippen molar-refractivity contribution < 1.29 is 12.8 Å². The second-order valence-electron chi connectivity index (χ2n) is 1.09. The van der Waals surface area contributed by atoms with Crippen molar-refractivity contribution in [2.24, 2.45) is 0 Å². The summed E-state index contributed by atoms with van der Waals surface area (Å²) in [5, 5.41) is 7.89. The third-order valence-corrected chi connectivity index (χ3v) is 0.365. The first-order valence-corrected chi connectivity index (χ1v) is 2.03. The Morgan fingerprint density at radius 3 is 1.67 bits per heavy atom. The summed E-state index contributed by atoms with van der Waals surface area (Å²) >= 11 is 0. The zero-order valence-electron chi connectivity index (χ0n) is 5.68. The van der Waals surface area contributed by atoms with Crippen LogP contribution in [0, 0.1) is 0 Å². The average Bonchev–Trinajstić information content (AvgIpc) is 1.72. The molecule has 0 aromatic rings. The van der Waals surface area contributed by atoms with Crippen LogP contribution in [0.4, 0.5) is 0 Å². The smallest absolute Gasteiger partial charge is 0.330 e. The van der Waals surface area contributed by atoms with Crippen molar-refractivity contribution in [1.82, 2.24) is 0 Å². The van der Waals surface area contributed by atoms with Crippen LogP contribution < -0.4 is 0 Å². The van der Waals surface area contributed by atoms with Gasteiger partial charge in [0.2, 0.25) is 0 Å². The third kappa shape index (κ3) is 17.9. The molecular formula is C6H14CaO2. The number of hydrogen-bond acceptors (Lipinski definition) is 1. The minimum Gasteiger partial charge on any atom is -0.478 e. The first-order chi connectivity index (χ1) is 3.64. The Morgan fingerprint density at radius 2 is 1.67 bits per heavy atom. The molecule has 2 radical (unpaired) electrons. The Hall–Kier alpha value is 0.210. The van der Waals surface area contributed by atoms with Gasteiger partial charge in [0.15, 0.2) is 0 Å². The van der Waals surface area contributed by atoms with Gasteiger partial charge in [-0.05, 0) is 6.92 Å². The first kappa shape index (κ1) is 16.1. The van der Waals surface area contributed by atoms with E-state index in [-0.39, 0.29) is 46.2 Å². The van der Waals surface area contributed by atoms with Crippen molar-refractivity contribution in [3.05, 3.63) is 25.3 Å². The van der Waals surface area contributed by atoms with E-state index in [1.54, 1.807) is 0 Å². The number of aliphatic carboxylic acids is 1. The number of rotatable bonds is 1. The van der Waals surface area contributed by atoms with Gasteiger partial charge in [0.1, 0.15) is 0 Å². The van der Waals surface area contributed by atoms with Crippen LogP contribution >= 0.6 is 0 Å². The topological polar surface area (TPSA) is 37.3 Å². The van der Waals surface area contributed by atoms with Crippen molar-refractivity contribution in [3.8, 4) is 0 Å². The standard InChI is InChI=1S/C4H6O2.C2H4.Ca.2H2/c1-3(2)4(5)6;1-2;;;/h1H2,2H3,(H,5,6);1-2H2;;2*1H. The van der Waals surface area contributed by atoms with Gasteiger partial charge in [-0.1, -0.05) is 6.58 Å². The summed E-state index contributed by atoms with van der Waals surface area (Å²) < 4.78 is 0. The van der Waals surface area contributed by atoms with Crippen molar-refractivity contribution in [2.75, 3.05) is 0 Å². The molecule has 0 fully saturated rings. The van der Waals surface area contributed by atoms with Gasteiger partial charge in [-0.3, -0.25) is 0 Å². The Bertz CT molecular complexity index is 94.8. The average molecular weight is 158 g/mol. The first-order valence-electron chi connectivity index (χ1n) is 2.03. The fourth-order valence-electron chi connectivity index (χ4n) is 0. The molecule has 0 unspecified atom stereocenters. The number of carbonyl (C=O) groups is 1. The summed E-state index contributed by atoms with van der Waals surface area (Å²) in [6.45, 7) is 10.6. The van der Waals surface area contributed by atoms with Crippen LogP contribution in [0.3, 0.4) is 0 Å². The van der Waals surface area contributed by atoms with Gasteiger partial charge in [-0.2, -0.15) is 0 Å². The Balaban J connectivity index is -0.0000000222. The molecule has 0 aromatic heterocycles. The monoisotopic (exact) mass is 158 g/mol. The number of hydrogen-bond donors (Lipinski definition) is 1. The molecule has 0 amide bonds. The largest absolute Gasteiger partial charge is 0.478 e. The van der Waals surface area contributed by atoms with Crippen LogP contribution in [0.5, 0.6) is 0 Å². The summed E-state index contributed by atoms with van der Waals surface area (Å²) in [6.07, 6.45) is 0. The second-order valence-corrected chi connectivity index (χ2v) is 1.09. The molecular weight excluding hydrogens is 144 g/mol. The zero-order valence-corrected chi connectivity index (χ0v) is 7.89. The quantitative estimate of drug-likeness (QED) is 0.357. The van der Waals surface area contributed by atoms with Gasteiger partial charge in [0.25, 0.3) is 0 Å². The van der Waals surface area contributed by atoms with Crippen molar-refractivity contribution in [1.29, 1.82) is 0 Å². The molecule has 0 spiro atoms. The predicted molar refractivity (Wildman–Crippen MR) is 43.7 cm³/mol. The van der Waals surface area contributed by atoms with Crippen LogP contribution in [0.2, 0.25) is 0 Å². The molecule has 0 aliphatic carbocycles.